The molecule has 0 spiro atoms. The van der Waals surface area contributed by atoms with Gasteiger partial charge in [0.15, 0.2) is 0 Å². The van der Waals surface area contributed by atoms with Gasteiger partial charge in [-0.3, -0.25) is 0 Å². The van der Waals surface area contributed by atoms with Gasteiger partial charge in [-0.25, -0.2) is 0 Å². The molecule has 2 heteroatoms. The maximum absolute atomic E-state index is 5.32. The topological polar surface area (TPSA) is 0 Å². The number of hydrogen-bond donors (Lipinski definition) is 0. The van der Waals surface area contributed by atoms with Crippen molar-refractivity contribution in [1.82, 2.24) is 0 Å². The van der Waals surface area contributed by atoms with Crippen molar-refractivity contribution in [1.29, 1.82) is 0 Å². The SMILES string of the molecule is S=C1CC=CC=C1C1C=CC=CC1=S. The standard InChI is InChI=1S/C12H10S2/c13-11-7-3-1-5-9(11)10-6-2-4-8-12(10)14/h1-7,9H,8H2. The molecule has 0 aromatic rings. The zero-order valence-corrected chi connectivity index (χ0v) is 9.28. The van der Waals surface area contributed by atoms with Crippen molar-refractivity contribution >= 4 is 34.2 Å². The third-order valence-electron chi connectivity index (χ3n) is 2.35. The molecule has 0 saturated carbocycles. The molecular formula is C12H10S2. The van der Waals surface area contributed by atoms with Crippen molar-refractivity contribution in [2.75, 3.05) is 0 Å². The Morgan fingerprint density at radius 1 is 1.14 bits per heavy atom. The van der Waals surface area contributed by atoms with Gasteiger partial charge in [-0.15, -0.1) is 0 Å². The minimum atomic E-state index is 0.215. The molecular weight excluding hydrogens is 208 g/mol. The van der Waals surface area contributed by atoms with Crippen LogP contribution in [-0.2, 0) is 0 Å². The fourth-order valence-corrected chi connectivity index (χ4v) is 2.19. The summed E-state index contributed by atoms with van der Waals surface area (Å²) in [5.41, 5.74) is 1.19. The highest BCUT2D eigenvalue weighted by molar-refractivity contribution is 7.81. The highest BCUT2D eigenvalue weighted by Gasteiger charge is 2.19. The normalized spacial score (nSPS) is 25.4. The molecule has 0 aromatic carbocycles. The van der Waals surface area contributed by atoms with E-state index in [1.807, 2.05) is 18.2 Å². The average Bonchev–Trinajstić information content (AvgIpc) is 2.20. The first kappa shape index (κ1) is 9.69. The van der Waals surface area contributed by atoms with E-state index < -0.39 is 0 Å². The van der Waals surface area contributed by atoms with E-state index in [4.69, 9.17) is 24.4 Å². The van der Waals surface area contributed by atoms with Crippen LogP contribution >= 0.6 is 24.4 Å². The summed E-state index contributed by atoms with van der Waals surface area (Å²) >= 11 is 10.6. The molecule has 0 radical (unpaired) electrons. The van der Waals surface area contributed by atoms with Crippen LogP contribution in [0.15, 0.2) is 48.1 Å². The maximum Gasteiger partial charge on any atom is 0.0386 e. The second-order valence-electron chi connectivity index (χ2n) is 3.30. The number of thiocarbonyl (C=S) groups is 2. The summed E-state index contributed by atoms with van der Waals surface area (Å²) in [6.45, 7) is 0. The van der Waals surface area contributed by atoms with Crippen LogP contribution in [0.1, 0.15) is 6.42 Å². The molecule has 1 unspecified atom stereocenters. The van der Waals surface area contributed by atoms with Crippen molar-refractivity contribution in [3.63, 3.8) is 0 Å². The maximum atomic E-state index is 5.32. The fourth-order valence-electron chi connectivity index (χ4n) is 1.62. The van der Waals surface area contributed by atoms with E-state index in [2.05, 4.69) is 24.3 Å². The van der Waals surface area contributed by atoms with Gasteiger partial charge in [0.2, 0.25) is 0 Å². The summed E-state index contributed by atoms with van der Waals surface area (Å²) in [7, 11) is 0. The molecule has 0 fully saturated rings. The molecule has 0 bridgehead atoms. The van der Waals surface area contributed by atoms with Crippen molar-refractivity contribution in [3.05, 3.63) is 48.1 Å². The summed E-state index contributed by atoms with van der Waals surface area (Å²) in [6.07, 6.45) is 15.2. The van der Waals surface area contributed by atoms with Crippen LogP contribution in [0.5, 0.6) is 0 Å². The first-order valence-electron chi connectivity index (χ1n) is 4.57. The minimum Gasteiger partial charge on any atom is -0.0842 e. The molecule has 0 nitrogen and oxygen atoms in total. The Morgan fingerprint density at radius 3 is 2.71 bits per heavy atom. The molecule has 0 saturated heterocycles. The summed E-state index contributed by atoms with van der Waals surface area (Å²) in [6, 6.07) is 0. The van der Waals surface area contributed by atoms with Gasteiger partial charge >= 0.3 is 0 Å². The number of allylic oxidation sites excluding steroid dienone is 8. The van der Waals surface area contributed by atoms with Crippen molar-refractivity contribution in [2.45, 2.75) is 6.42 Å². The van der Waals surface area contributed by atoms with Gasteiger partial charge in [0.1, 0.15) is 0 Å². The zero-order valence-electron chi connectivity index (χ0n) is 7.64. The van der Waals surface area contributed by atoms with Gasteiger partial charge in [-0.1, -0.05) is 60.9 Å². The monoisotopic (exact) mass is 218 g/mol. The molecule has 2 rings (SSSR count). The van der Waals surface area contributed by atoms with Crippen molar-refractivity contribution < 1.29 is 0 Å². The summed E-state index contributed by atoms with van der Waals surface area (Å²) in [5, 5.41) is 0. The summed E-state index contributed by atoms with van der Waals surface area (Å²) < 4.78 is 0. The van der Waals surface area contributed by atoms with Crippen LogP contribution in [-0.4, -0.2) is 9.73 Å². The van der Waals surface area contributed by atoms with Crippen LogP contribution in [0.2, 0.25) is 0 Å². The van der Waals surface area contributed by atoms with E-state index in [1.165, 1.54) is 5.57 Å². The molecule has 1 atom stereocenters. The predicted octanol–water partition coefficient (Wildman–Crippen LogP) is 3.35. The molecule has 14 heavy (non-hydrogen) atoms. The molecule has 0 aromatic heterocycles. The summed E-state index contributed by atoms with van der Waals surface area (Å²) in [5.74, 6) is 0.215. The van der Waals surface area contributed by atoms with Crippen molar-refractivity contribution in [3.8, 4) is 0 Å². The molecule has 0 N–H and O–H groups in total. The summed E-state index contributed by atoms with van der Waals surface area (Å²) in [4.78, 5) is 1.97. The van der Waals surface area contributed by atoms with Gasteiger partial charge in [0.05, 0.1) is 0 Å². The second-order valence-corrected chi connectivity index (χ2v) is 4.27. The lowest BCUT2D eigenvalue weighted by atomic mass is 9.87. The Labute approximate surface area is 94.7 Å². The fraction of sp³-hybridized carbons (Fsp3) is 0.167. The third kappa shape index (κ3) is 1.81. The highest BCUT2D eigenvalue weighted by Crippen LogP contribution is 2.24. The van der Waals surface area contributed by atoms with E-state index in [-0.39, 0.29) is 5.92 Å². The molecule has 70 valence electrons. The second kappa shape index (κ2) is 4.11. The molecule has 2 aliphatic rings. The largest absolute Gasteiger partial charge is 0.0842 e. The lowest BCUT2D eigenvalue weighted by Crippen LogP contribution is -2.18. The van der Waals surface area contributed by atoms with Gasteiger partial charge in [-0.05, 0) is 11.6 Å². The zero-order chi connectivity index (χ0) is 9.97. The smallest absolute Gasteiger partial charge is 0.0386 e. The van der Waals surface area contributed by atoms with Gasteiger partial charge in [-0.2, -0.15) is 0 Å². The Morgan fingerprint density at radius 2 is 2.00 bits per heavy atom. The van der Waals surface area contributed by atoms with Crippen molar-refractivity contribution in [2.24, 2.45) is 5.92 Å². The Balaban J connectivity index is 2.30. The number of hydrogen-bond acceptors (Lipinski definition) is 2. The lowest BCUT2D eigenvalue weighted by Gasteiger charge is -2.20. The van der Waals surface area contributed by atoms with Crippen LogP contribution in [0.25, 0.3) is 0 Å². The van der Waals surface area contributed by atoms with Crippen LogP contribution in [0.3, 0.4) is 0 Å². The Bertz CT molecular complexity index is 395. The highest BCUT2D eigenvalue weighted by atomic mass is 32.1. The first-order chi connectivity index (χ1) is 6.79. The van der Waals surface area contributed by atoms with E-state index >= 15 is 0 Å². The van der Waals surface area contributed by atoms with Crippen LogP contribution < -0.4 is 0 Å². The van der Waals surface area contributed by atoms with E-state index in [1.54, 1.807) is 0 Å². The van der Waals surface area contributed by atoms with Gasteiger partial charge in [0.25, 0.3) is 0 Å². The molecule has 2 aliphatic carbocycles. The van der Waals surface area contributed by atoms with Crippen LogP contribution in [0, 0.1) is 5.92 Å². The molecule has 0 amide bonds. The third-order valence-corrected chi connectivity index (χ3v) is 3.15. The average molecular weight is 218 g/mol. The Hall–Kier alpha value is -0.860. The van der Waals surface area contributed by atoms with E-state index in [0.717, 1.165) is 16.1 Å². The van der Waals surface area contributed by atoms with E-state index in [0.29, 0.717) is 0 Å². The first-order valence-corrected chi connectivity index (χ1v) is 5.39. The minimum absolute atomic E-state index is 0.215. The van der Waals surface area contributed by atoms with Crippen LogP contribution in [0.4, 0.5) is 0 Å². The van der Waals surface area contributed by atoms with Gasteiger partial charge < -0.3 is 0 Å². The quantitative estimate of drug-likeness (QED) is 0.619. The molecule has 0 aliphatic heterocycles. The lowest BCUT2D eigenvalue weighted by molar-refractivity contribution is 1.10. The molecule has 0 heterocycles. The number of rotatable bonds is 1. The Kier molecular flexibility index (Phi) is 2.85. The van der Waals surface area contributed by atoms with Gasteiger partial charge in [0, 0.05) is 22.1 Å². The predicted molar refractivity (Wildman–Crippen MR) is 68.8 cm³/mol. The van der Waals surface area contributed by atoms with E-state index in [9.17, 15) is 0 Å².